The fourth-order valence-electron chi connectivity index (χ4n) is 0.628. The molecule has 0 aliphatic rings. The van der Waals surface area contributed by atoms with Gasteiger partial charge in [0.15, 0.2) is 11.6 Å². The molecule has 0 saturated carbocycles. The molecule has 1 rings (SSSR count). The standard InChI is InChI=1S/C7H3F2NO/c8-5-2-1-3-6(7(5)9)10-4-11/h1-3H. The zero-order chi connectivity index (χ0) is 8.27. The summed E-state index contributed by atoms with van der Waals surface area (Å²) in [4.78, 5) is 12.6. The van der Waals surface area contributed by atoms with Crippen LogP contribution >= 0.6 is 0 Å². The molecular formula is C7H3F2NO. The lowest BCUT2D eigenvalue weighted by Gasteiger charge is -1.92. The van der Waals surface area contributed by atoms with Gasteiger partial charge >= 0.3 is 0 Å². The van der Waals surface area contributed by atoms with Gasteiger partial charge in [-0.25, -0.2) is 13.6 Å². The molecule has 11 heavy (non-hydrogen) atoms. The Balaban J connectivity index is 3.26. The minimum absolute atomic E-state index is 0.333. The van der Waals surface area contributed by atoms with Crippen LogP contribution < -0.4 is 0 Å². The Morgan fingerprint density at radius 1 is 1.36 bits per heavy atom. The van der Waals surface area contributed by atoms with E-state index in [-0.39, 0.29) is 5.69 Å². The molecule has 56 valence electrons. The van der Waals surface area contributed by atoms with Gasteiger partial charge < -0.3 is 0 Å². The quantitative estimate of drug-likeness (QED) is 0.450. The summed E-state index contributed by atoms with van der Waals surface area (Å²) in [5, 5.41) is 0. The topological polar surface area (TPSA) is 29.4 Å². The van der Waals surface area contributed by atoms with Gasteiger partial charge in [0.2, 0.25) is 6.08 Å². The molecule has 0 aromatic heterocycles. The van der Waals surface area contributed by atoms with Crippen LogP contribution in [0.5, 0.6) is 0 Å². The molecule has 1 aromatic rings. The van der Waals surface area contributed by atoms with Crippen molar-refractivity contribution in [2.45, 2.75) is 0 Å². The number of rotatable bonds is 1. The minimum Gasteiger partial charge on any atom is -0.211 e. The molecule has 0 atom stereocenters. The predicted molar refractivity (Wildman–Crippen MR) is 34.1 cm³/mol. The van der Waals surface area contributed by atoms with Crippen LogP contribution in [0.2, 0.25) is 0 Å². The van der Waals surface area contributed by atoms with Crippen molar-refractivity contribution < 1.29 is 13.6 Å². The van der Waals surface area contributed by atoms with E-state index in [9.17, 15) is 13.6 Å². The van der Waals surface area contributed by atoms with E-state index in [4.69, 9.17) is 0 Å². The highest BCUT2D eigenvalue weighted by atomic mass is 19.2. The van der Waals surface area contributed by atoms with Crippen molar-refractivity contribution in [3.05, 3.63) is 29.8 Å². The highest BCUT2D eigenvalue weighted by Crippen LogP contribution is 2.18. The third-order valence-electron chi connectivity index (χ3n) is 1.10. The van der Waals surface area contributed by atoms with Gasteiger partial charge in [-0.1, -0.05) is 6.07 Å². The fraction of sp³-hybridized carbons (Fsp3) is 0. The summed E-state index contributed by atoms with van der Waals surface area (Å²) in [6.45, 7) is 0. The number of hydrogen-bond acceptors (Lipinski definition) is 2. The van der Waals surface area contributed by atoms with Crippen molar-refractivity contribution in [3.8, 4) is 0 Å². The Hall–Kier alpha value is -1.54. The zero-order valence-corrected chi connectivity index (χ0v) is 5.34. The summed E-state index contributed by atoms with van der Waals surface area (Å²) in [7, 11) is 0. The van der Waals surface area contributed by atoms with Gasteiger partial charge in [0.25, 0.3) is 0 Å². The molecule has 0 aliphatic heterocycles. The highest BCUT2D eigenvalue weighted by molar-refractivity contribution is 5.49. The zero-order valence-electron chi connectivity index (χ0n) is 5.34. The van der Waals surface area contributed by atoms with E-state index in [1.165, 1.54) is 12.1 Å². The van der Waals surface area contributed by atoms with Crippen LogP contribution in [0, 0.1) is 11.6 Å². The Morgan fingerprint density at radius 2 is 2.09 bits per heavy atom. The molecule has 4 heteroatoms. The number of nitrogens with zero attached hydrogens (tertiary/aromatic N) is 1. The lowest BCUT2D eigenvalue weighted by Crippen LogP contribution is -1.81. The first-order valence-corrected chi connectivity index (χ1v) is 2.77. The highest BCUT2D eigenvalue weighted by Gasteiger charge is 2.04. The van der Waals surface area contributed by atoms with Crippen molar-refractivity contribution in [1.82, 2.24) is 0 Å². The van der Waals surface area contributed by atoms with Crippen molar-refractivity contribution in [2.24, 2.45) is 4.99 Å². The molecule has 0 bridgehead atoms. The maximum absolute atomic E-state index is 12.5. The number of hydrogen-bond donors (Lipinski definition) is 0. The van der Waals surface area contributed by atoms with E-state index in [1.54, 1.807) is 0 Å². The van der Waals surface area contributed by atoms with Gasteiger partial charge in [0.1, 0.15) is 5.69 Å². The molecule has 0 fully saturated rings. The molecule has 0 amide bonds. The second-order valence-electron chi connectivity index (χ2n) is 1.78. The molecule has 0 radical (unpaired) electrons. The molecule has 0 N–H and O–H groups in total. The van der Waals surface area contributed by atoms with Gasteiger partial charge in [-0.15, -0.1) is 0 Å². The molecule has 0 spiro atoms. The summed E-state index contributed by atoms with van der Waals surface area (Å²) in [5.74, 6) is -2.16. The van der Waals surface area contributed by atoms with Crippen LogP contribution in [0.15, 0.2) is 23.2 Å². The second-order valence-corrected chi connectivity index (χ2v) is 1.78. The second kappa shape index (κ2) is 3.03. The molecule has 0 aliphatic carbocycles. The number of isocyanates is 1. The Kier molecular flexibility index (Phi) is 2.09. The Bertz CT molecular complexity index is 318. The maximum Gasteiger partial charge on any atom is 0.240 e. The molecule has 1 aromatic carbocycles. The molecule has 0 heterocycles. The summed E-state index contributed by atoms with van der Waals surface area (Å²) < 4.78 is 24.9. The normalized spacial score (nSPS) is 8.91. The number of benzene rings is 1. The Labute approximate surface area is 61.2 Å². The van der Waals surface area contributed by atoms with Crippen molar-refractivity contribution in [3.63, 3.8) is 0 Å². The van der Waals surface area contributed by atoms with E-state index >= 15 is 0 Å². The smallest absolute Gasteiger partial charge is 0.211 e. The van der Waals surface area contributed by atoms with Gasteiger partial charge in [0.05, 0.1) is 0 Å². The van der Waals surface area contributed by atoms with Crippen LogP contribution in [-0.2, 0) is 4.79 Å². The SMILES string of the molecule is O=C=Nc1cccc(F)c1F. The average molecular weight is 155 g/mol. The van der Waals surface area contributed by atoms with Crippen LogP contribution in [0.25, 0.3) is 0 Å². The Morgan fingerprint density at radius 3 is 2.73 bits per heavy atom. The summed E-state index contributed by atoms with van der Waals surface area (Å²) >= 11 is 0. The largest absolute Gasteiger partial charge is 0.240 e. The van der Waals surface area contributed by atoms with Gasteiger partial charge in [-0.05, 0) is 12.1 Å². The van der Waals surface area contributed by atoms with Gasteiger partial charge in [-0.3, -0.25) is 0 Å². The average Bonchev–Trinajstić information content (AvgIpc) is 1.99. The minimum atomic E-state index is -1.13. The lowest BCUT2D eigenvalue weighted by molar-refractivity contribution is 0.510. The summed E-state index contributed by atoms with van der Waals surface area (Å²) in [5.41, 5.74) is -0.333. The van der Waals surface area contributed by atoms with Crippen molar-refractivity contribution in [1.29, 1.82) is 0 Å². The van der Waals surface area contributed by atoms with E-state index in [0.717, 1.165) is 12.1 Å². The van der Waals surface area contributed by atoms with Gasteiger partial charge in [-0.2, -0.15) is 4.99 Å². The lowest BCUT2D eigenvalue weighted by atomic mass is 10.3. The first-order valence-electron chi connectivity index (χ1n) is 2.77. The van der Waals surface area contributed by atoms with Crippen LogP contribution in [-0.4, -0.2) is 6.08 Å². The monoisotopic (exact) mass is 155 g/mol. The number of aliphatic imine (C=N–C) groups is 1. The van der Waals surface area contributed by atoms with Crippen LogP contribution in [0.3, 0.4) is 0 Å². The van der Waals surface area contributed by atoms with Gasteiger partial charge in [0, 0.05) is 0 Å². The third kappa shape index (κ3) is 1.48. The first-order chi connectivity index (χ1) is 5.25. The summed E-state index contributed by atoms with van der Waals surface area (Å²) in [6, 6.07) is 3.39. The maximum atomic E-state index is 12.5. The first kappa shape index (κ1) is 7.57. The summed E-state index contributed by atoms with van der Waals surface area (Å²) in [6.07, 6.45) is 1.12. The molecule has 0 unspecified atom stereocenters. The van der Waals surface area contributed by atoms with Crippen LogP contribution in [0.4, 0.5) is 14.5 Å². The van der Waals surface area contributed by atoms with E-state index in [1.807, 2.05) is 0 Å². The molecular weight excluding hydrogens is 152 g/mol. The van der Waals surface area contributed by atoms with E-state index in [2.05, 4.69) is 4.99 Å². The molecule has 2 nitrogen and oxygen atoms in total. The van der Waals surface area contributed by atoms with Crippen molar-refractivity contribution in [2.75, 3.05) is 0 Å². The number of carbonyl (C=O) groups excluding carboxylic acids is 1. The fourth-order valence-corrected chi connectivity index (χ4v) is 0.628. The molecule has 0 saturated heterocycles. The van der Waals surface area contributed by atoms with E-state index in [0.29, 0.717) is 0 Å². The number of halogens is 2. The van der Waals surface area contributed by atoms with E-state index < -0.39 is 11.6 Å². The predicted octanol–water partition coefficient (Wildman–Crippen LogP) is 1.93. The third-order valence-corrected chi connectivity index (χ3v) is 1.10. The van der Waals surface area contributed by atoms with Crippen LogP contribution in [0.1, 0.15) is 0 Å². The van der Waals surface area contributed by atoms with Crippen molar-refractivity contribution >= 4 is 11.8 Å².